The van der Waals surface area contributed by atoms with Crippen LogP contribution in [0.25, 0.3) is 11.4 Å². The molecule has 6 nitrogen and oxygen atoms in total. The number of hydrogen-bond acceptors (Lipinski definition) is 5. The third-order valence-electron chi connectivity index (χ3n) is 3.38. The van der Waals surface area contributed by atoms with Gasteiger partial charge in [0.1, 0.15) is 5.75 Å². The van der Waals surface area contributed by atoms with Gasteiger partial charge in [-0.25, -0.2) is 4.68 Å². The number of nitrogen functional groups attached to an aromatic ring is 1. The number of nitrogens with two attached hydrogens (primary N) is 1. The quantitative estimate of drug-likeness (QED) is 0.828. The number of aromatic nitrogens is 4. The molecule has 94 valence electrons. The molecule has 6 heteroatoms. The number of methoxy groups -OCH3 is 1. The van der Waals surface area contributed by atoms with E-state index in [0.717, 1.165) is 24.2 Å². The van der Waals surface area contributed by atoms with Crippen molar-refractivity contribution in [2.75, 3.05) is 12.8 Å². The summed E-state index contributed by atoms with van der Waals surface area (Å²) in [7, 11) is 1.61. The normalized spacial score (nSPS) is 16.6. The van der Waals surface area contributed by atoms with Crippen molar-refractivity contribution in [3.8, 4) is 17.1 Å². The largest absolute Gasteiger partial charge is 0.497 e. The summed E-state index contributed by atoms with van der Waals surface area (Å²) in [4.78, 5) is 0. The third kappa shape index (κ3) is 1.70. The standard InChI is InChI=1S/C12H15N5O/c1-12(3-4-12)17-11(14-15-16-17)8-5-9(13)7-10(6-8)18-2/h5-7H,3-4,13H2,1-2H3. The molecule has 1 aliphatic rings. The Labute approximate surface area is 105 Å². The van der Waals surface area contributed by atoms with E-state index in [9.17, 15) is 0 Å². The van der Waals surface area contributed by atoms with Crippen LogP contribution in [0.4, 0.5) is 5.69 Å². The first-order valence-electron chi connectivity index (χ1n) is 5.86. The second kappa shape index (κ2) is 3.69. The topological polar surface area (TPSA) is 78.8 Å². The molecule has 0 radical (unpaired) electrons. The van der Waals surface area contributed by atoms with Gasteiger partial charge >= 0.3 is 0 Å². The first-order valence-corrected chi connectivity index (χ1v) is 5.86. The zero-order valence-electron chi connectivity index (χ0n) is 10.4. The van der Waals surface area contributed by atoms with Crippen molar-refractivity contribution in [1.29, 1.82) is 0 Å². The first kappa shape index (κ1) is 11.0. The molecule has 0 bridgehead atoms. The van der Waals surface area contributed by atoms with E-state index in [2.05, 4.69) is 22.4 Å². The van der Waals surface area contributed by atoms with Crippen molar-refractivity contribution >= 4 is 5.69 Å². The molecule has 3 rings (SSSR count). The SMILES string of the molecule is COc1cc(N)cc(-c2nnnn2C2(C)CC2)c1. The van der Waals surface area contributed by atoms with E-state index < -0.39 is 0 Å². The molecule has 0 amide bonds. The maximum absolute atomic E-state index is 5.86. The summed E-state index contributed by atoms with van der Waals surface area (Å²) in [6.07, 6.45) is 2.20. The number of benzene rings is 1. The molecule has 1 fully saturated rings. The average molecular weight is 245 g/mol. The molecule has 0 aliphatic heterocycles. The molecular formula is C12H15N5O. The van der Waals surface area contributed by atoms with Gasteiger partial charge in [-0.15, -0.1) is 5.10 Å². The zero-order valence-corrected chi connectivity index (χ0v) is 10.4. The number of hydrogen-bond donors (Lipinski definition) is 1. The average Bonchev–Trinajstić information content (AvgIpc) is 2.93. The first-order chi connectivity index (χ1) is 8.62. The van der Waals surface area contributed by atoms with Gasteiger partial charge in [0, 0.05) is 17.3 Å². The minimum atomic E-state index is 0.0523. The van der Waals surface area contributed by atoms with Crippen molar-refractivity contribution < 1.29 is 4.74 Å². The van der Waals surface area contributed by atoms with Crippen LogP contribution in [0.1, 0.15) is 19.8 Å². The predicted octanol–water partition coefficient (Wildman–Crippen LogP) is 1.44. The lowest BCUT2D eigenvalue weighted by molar-refractivity contribution is 0.415. The number of ether oxygens (including phenoxy) is 1. The van der Waals surface area contributed by atoms with Gasteiger partial charge in [0.15, 0.2) is 5.82 Å². The Kier molecular flexibility index (Phi) is 2.26. The van der Waals surface area contributed by atoms with Gasteiger partial charge < -0.3 is 10.5 Å². The molecule has 1 saturated carbocycles. The molecule has 0 saturated heterocycles. The molecule has 18 heavy (non-hydrogen) atoms. The lowest BCUT2D eigenvalue weighted by Crippen LogP contribution is -2.15. The Balaban J connectivity index is 2.10. The molecule has 1 aromatic heterocycles. The third-order valence-corrected chi connectivity index (χ3v) is 3.38. The van der Waals surface area contributed by atoms with Crippen LogP contribution in [-0.2, 0) is 5.54 Å². The lowest BCUT2D eigenvalue weighted by Gasteiger charge is -2.12. The molecule has 2 aromatic rings. The monoisotopic (exact) mass is 245 g/mol. The van der Waals surface area contributed by atoms with Gasteiger partial charge in [-0.05, 0) is 42.3 Å². The fourth-order valence-corrected chi connectivity index (χ4v) is 1.99. The second-order valence-electron chi connectivity index (χ2n) is 4.91. The summed E-state index contributed by atoms with van der Waals surface area (Å²) in [6.45, 7) is 2.15. The van der Waals surface area contributed by atoms with Crippen molar-refractivity contribution in [3.63, 3.8) is 0 Å². The maximum Gasteiger partial charge on any atom is 0.182 e. The van der Waals surface area contributed by atoms with Crippen LogP contribution in [-0.4, -0.2) is 27.3 Å². The van der Waals surface area contributed by atoms with Crippen LogP contribution in [0, 0.1) is 0 Å². The summed E-state index contributed by atoms with van der Waals surface area (Å²) < 4.78 is 7.09. The molecule has 0 atom stereocenters. The van der Waals surface area contributed by atoms with E-state index in [-0.39, 0.29) is 5.54 Å². The highest BCUT2D eigenvalue weighted by Crippen LogP contribution is 2.44. The van der Waals surface area contributed by atoms with Crippen LogP contribution in [0.2, 0.25) is 0 Å². The molecule has 1 heterocycles. The summed E-state index contributed by atoms with van der Waals surface area (Å²) in [6, 6.07) is 5.53. The Bertz CT molecular complexity index is 588. The summed E-state index contributed by atoms with van der Waals surface area (Å²) >= 11 is 0. The minimum absolute atomic E-state index is 0.0523. The number of tetrazole rings is 1. The highest BCUT2D eigenvalue weighted by molar-refractivity contribution is 5.64. The van der Waals surface area contributed by atoms with Crippen LogP contribution in [0.5, 0.6) is 5.75 Å². The van der Waals surface area contributed by atoms with Crippen molar-refractivity contribution in [1.82, 2.24) is 20.2 Å². The van der Waals surface area contributed by atoms with Gasteiger partial charge in [0.2, 0.25) is 0 Å². The van der Waals surface area contributed by atoms with E-state index in [0.29, 0.717) is 11.4 Å². The van der Waals surface area contributed by atoms with Crippen LogP contribution in [0.3, 0.4) is 0 Å². The highest BCUT2D eigenvalue weighted by atomic mass is 16.5. The second-order valence-corrected chi connectivity index (χ2v) is 4.91. The predicted molar refractivity (Wildman–Crippen MR) is 67.1 cm³/mol. The Morgan fingerprint density at radius 3 is 2.78 bits per heavy atom. The number of nitrogens with zero attached hydrogens (tertiary/aromatic N) is 4. The lowest BCUT2D eigenvalue weighted by atomic mass is 10.1. The molecule has 2 N–H and O–H groups in total. The summed E-state index contributed by atoms with van der Waals surface area (Å²) in [5.41, 5.74) is 7.43. The molecule has 1 aliphatic carbocycles. The van der Waals surface area contributed by atoms with Gasteiger partial charge in [0.25, 0.3) is 0 Å². The van der Waals surface area contributed by atoms with Crippen molar-refractivity contribution in [2.45, 2.75) is 25.3 Å². The number of rotatable bonds is 3. The van der Waals surface area contributed by atoms with E-state index >= 15 is 0 Å². The highest BCUT2D eigenvalue weighted by Gasteiger charge is 2.42. The zero-order chi connectivity index (χ0) is 12.8. The van der Waals surface area contributed by atoms with Crippen LogP contribution >= 0.6 is 0 Å². The fourth-order valence-electron chi connectivity index (χ4n) is 1.99. The van der Waals surface area contributed by atoms with E-state index in [1.807, 2.05) is 16.8 Å². The summed E-state index contributed by atoms with van der Waals surface area (Å²) in [5.74, 6) is 1.45. The van der Waals surface area contributed by atoms with Crippen LogP contribution < -0.4 is 10.5 Å². The van der Waals surface area contributed by atoms with E-state index in [1.54, 1.807) is 13.2 Å². The van der Waals surface area contributed by atoms with Crippen molar-refractivity contribution in [3.05, 3.63) is 18.2 Å². The van der Waals surface area contributed by atoms with Gasteiger partial charge in [-0.2, -0.15) is 0 Å². The Morgan fingerprint density at radius 1 is 1.33 bits per heavy atom. The van der Waals surface area contributed by atoms with Gasteiger partial charge in [-0.1, -0.05) is 0 Å². The van der Waals surface area contributed by atoms with Gasteiger partial charge in [-0.3, -0.25) is 0 Å². The van der Waals surface area contributed by atoms with Gasteiger partial charge in [0.05, 0.1) is 12.6 Å². The van der Waals surface area contributed by atoms with Crippen molar-refractivity contribution in [2.24, 2.45) is 0 Å². The smallest absolute Gasteiger partial charge is 0.182 e. The van der Waals surface area contributed by atoms with E-state index in [4.69, 9.17) is 10.5 Å². The maximum atomic E-state index is 5.86. The fraction of sp³-hybridized carbons (Fsp3) is 0.417. The van der Waals surface area contributed by atoms with Crippen LogP contribution in [0.15, 0.2) is 18.2 Å². The number of anilines is 1. The Morgan fingerprint density at radius 2 is 2.11 bits per heavy atom. The molecule has 1 aromatic carbocycles. The summed E-state index contributed by atoms with van der Waals surface area (Å²) in [5, 5.41) is 12.0. The minimum Gasteiger partial charge on any atom is -0.497 e. The van der Waals surface area contributed by atoms with E-state index in [1.165, 1.54) is 0 Å². The molecule has 0 spiro atoms. The molecular weight excluding hydrogens is 230 g/mol. The Hall–Kier alpha value is -2.11. The molecule has 0 unspecified atom stereocenters.